The highest BCUT2D eigenvalue weighted by Gasteiger charge is 1.65. The molecule has 1 nitrogen and oxygen atoms in total. The van der Waals surface area contributed by atoms with Crippen molar-refractivity contribution >= 4 is 0 Å². The smallest absolute Gasteiger partial charge is 0.0319 e. The van der Waals surface area contributed by atoms with Crippen LogP contribution >= 0.6 is 0 Å². The molecule has 0 heterocycles. The van der Waals surface area contributed by atoms with Gasteiger partial charge in [0.1, 0.15) is 0 Å². The summed E-state index contributed by atoms with van der Waals surface area (Å²) >= 11 is 0. The fraction of sp³-hybridized carbons (Fsp3) is 0.500. The van der Waals surface area contributed by atoms with Crippen molar-refractivity contribution in [3.8, 4) is 0 Å². The van der Waals surface area contributed by atoms with E-state index < -0.39 is 0 Å². The van der Waals surface area contributed by atoms with E-state index in [-0.39, 0.29) is 0 Å². The molecule has 0 atom stereocenters. The Morgan fingerprint density at radius 3 is 1.78 bits per heavy atom. The molecule has 0 bridgehead atoms. The maximum Gasteiger partial charge on any atom is 0.0319 e. The largest absolute Gasteiger partial charge is 0.400 e. The van der Waals surface area contributed by atoms with Crippen LogP contribution < -0.4 is 0 Å². The summed E-state index contributed by atoms with van der Waals surface area (Å²) in [5.41, 5.74) is 1.35. The average Bonchev–Trinajstić information content (AvgIpc) is 1.88. The Kier molecular flexibility index (Phi) is 13.1. The minimum absolute atomic E-state index is 1.00. The molecule has 0 aliphatic heterocycles. The third-order valence-corrected chi connectivity index (χ3v) is 0.622. The summed E-state index contributed by atoms with van der Waals surface area (Å²) in [5.74, 6) is 0. The number of aliphatic hydroxyl groups is 1. The van der Waals surface area contributed by atoms with Crippen molar-refractivity contribution in [2.24, 2.45) is 0 Å². The van der Waals surface area contributed by atoms with Crippen molar-refractivity contribution in [1.82, 2.24) is 0 Å². The van der Waals surface area contributed by atoms with Crippen molar-refractivity contribution in [1.29, 1.82) is 0 Å². The molecule has 1 N–H and O–H groups in total. The molecule has 0 saturated heterocycles. The summed E-state index contributed by atoms with van der Waals surface area (Å²) < 4.78 is 0. The van der Waals surface area contributed by atoms with Gasteiger partial charge in [-0.3, -0.25) is 0 Å². The van der Waals surface area contributed by atoms with Crippen LogP contribution in [0.25, 0.3) is 0 Å². The maximum absolute atomic E-state index is 7.00. The lowest BCUT2D eigenvalue weighted by atomic mass is 10.3. The van der Waals surface area contributed by atoms with E-state index in [1.54, 1.807) is 0 Å². The zero-order valence-corrected chi connectivity index (χ0v) is 6.68. The van der Waals surface area contributed by atoms with Crippen LogP contribution in [0.1, 0.15) is 20.8 Å². The second kappa shape index (κ2) is 10.4. The van der Waals surface area contributed by atoms with E-state index in [9.17, 15) is 0 Å². The van der Waals surface area contributed by atoms with E-state index >= 15 is 0 Å². The van der Waals surface area contributed by atoms with E-state index in [4.69, 9.17) is 5.11 Å². The van der Waals surface area contributed by atoms with Gasteiger partial charge in [0.2, 0.25) is 0 Å². The van der Waals surface area contributed by atoms with Crippen LogP contribution in [0.2, 0.25) is 0 Å². The highest BCUT2D eigenvalue weighted by molar-refractivity contribution is 5.06. The van der Waals surface area contributed by atoms with Gasteiger partial charge in [-0.15, -0.1) is 0 Å². The zero-order valence-electron chi connectivity index (χ0n) is 6.68. The van der Waals surface area contributed by atoms with Gasteiger partial charge >= 0.3 is 0 Å². The fourth-order valence-electron chi connectivity index (χ4n) is 0.289. The highest BCUT2D eigenvalue weighted by atomic mass is 16.2. The van der Waals surface area contributed by atoms with Crippen LogP contribution in [0.15, 0.2) is 23.8 Å². The van der Waals surface area contributed by atoms with Gasteiger partial charge in [0.05, 0.1) is 0 Å². The van der Waals surface area contributed by atoms with Gasteiger partial charge in [-0.05, 0) is 20.8 Å². The number of hydrogen-bond acceptors (Lipinski definition) is 1. The molecule has 0 amide bonds. The lowest BCUT2D eigenvalue weighted by Crippen LogP contribution is -1.56. The summed E-state index contributed by atoms with van der Waals surface area (Å²) in [6.45, 7) is 6.18. The molecular formula is C8H16O. The number of hydrogen-bond donors (Lipinski definition) is 1. The van der Waals surface area contributed by atoms with Crippen LogP contribution in [0.3, 0.4) is 0 Å². The quantitative estimate of drug-likeness (QED) is 0.536. The molecule has 54 valence electrons. The maximum atomic E-state index is 7.00. The first-order chi connectivity index (χ1) is 4.27. The van der Waals surface area contributed by atoms with Crippen molar-refractivity contribution in [3.63, 3.8) is 0 Å². The molecule has 0 aromatic heterocycles. The van der Waals surface area contributed by atoms with E-state index in [1.807, 2.05) is 19.1 Å². The molecule has 0 aromatic carbocycles. The van der Waals surface area contributed by atoms with Crippen LogP contribution in [-0.4, -0.2) is 12.2 Å². The molecule has 1 heteroatoms. The van der Waals surface area contributed by atoms with Crippen LogP contribution in [-0.2, 0) is 0 Å². The Labute approximate surface area is 57.7 Å². The SMILES string of the molecule is C/C=C\C=C(C)C.CO. The molecular weight excluding hydrogens is 112 g/mol. The number of rotatable bonds is 1. The molecule has 0 spiro atoms. The lowest BCUT2D eigenvalue weighted by molar-refractivity contribution is 0.399. The first-order valence-electron chi connectivity index (χ1n) is 2.98. The normalized spacial score (nSPS) is 8.11. The molecule has 9 heavy (non-hydrogen) atoms. The predicted octanol–water partition coefficient (Wildman–Crippen LogP) is 2.14. The minimum Gasteiger partial charge on any atom is -0.400 e. The van der Waals surface area contributed by atoms with Crippen LogP contribution in [0.4, 0.5) is 0 Å². The molecule has 0 aliphatic rings. The second-order valence-corrected chi connectivity index (χ2v) is 1.77. The predicted molar refractivity (Wildman–Crippen MR) is 42.4 cm³/mol. The van der Waals surface area contributed by atoms with Crippen molar-refractivity contribution in [2.45, 2.75) is 20.8 Å². The molecule has 0 unspecified atom stereocenters. The molecule has 0 aromatic rings. The Morgan fingerprint density at radius 1 is 1.22 bits per heavy atom. The average molecular weight is 128 g/mol. The standard InChI is InChI=1S/C7H12.CH4O/c1-4-5-6-7(2)3;1-2/h4-6H,1-3H3;2H,1H3/b5-4-;. The van der Waals surface area contributed by atoms with E-state index in [0.717, 1.165) is 7.11 Å². The van der Waals surface area contributed by atoms with Gasteiger partial charge < -0.3 is 5.11 Å². The third kappa shape index (κ3) is 18.6. The fourth-order valence-corrected chi connectivity index (χ4v) is 0.289. The molecule has 0 rings (SSSR count). The van der Waals surface area contributed by atoms with Gasteiger partial charge in [0, 0.05) is 7.11 Å². The van der Waals surface area contributed by atoms with Gasteiger partial charge in [-0.25, -0.2) is 0 Å². The summed E-state index contributed by atoms with van der Waals surface area (Å²) in [5, 5.41) is 7.00. The van der Waals surface area contributed by atoms with Gasteiger partial charge in [-0.1, -0.05) is 23.8 Å². The Balaban J connectivity index is 0. The van der Waals surface area contributed by atoms with Crippen molar-refractivity contribution < 1.29 is 5.11 Å². The third-order valence-electron chi connectivity index (χ3n) is 0.622. The summed E-state index contributed by atoms with van der Waals surface area (Å²) in [4.78, 5) is 0. The summed E-state index contributed by atoms with van der Waals surface area (Å²) in [7, 11) is 1.00. The molecule has 0 radical (unpaired) electrons. The molecule has 0 fully saturated rings. The van der Waals surface area contributed by atoms with E-state index in [1.165, 1.54) is 5.57 Å². The van der Waals surface area contributed by atoms with Gasteiger partial charge in [0.15, 0.2) is 0 Å². The Hall–Kier alpha value is -0.560. The van der Waals surface area contributed by atoms with Crippen LogP contribution in [0.5, 0.6) is 0 Å². The zero-order chi connectivity index (χ0) is 7.70. The summed E-state index contributed by atoms with van der Waals surface area (Å²) in [6, 6.07) is 0. The first-order valence-corrected chi connectivity index (χ1v) is 2.98. The molecule has 0 aliphatic carbocycles. The monoisotopic (exact) mass is 128 g/mol. The Morgan fingerprint density at radius 2 is 1.67 bits per heavy atom. The highest BCUT2D eigenvalue weighted by Crippen LogP contribution is 1.87. The van der Waals surface area contributed by atoms with E-state index in [0.29, 0.717) is 0 Å². The van der Waals surface area contributed by atoms with Gasteiger partial charge in [0.25, 0.3) is 0 Å². The second-order valence-electron chi connectivity index (χ2n) is 1.77. The van der Waals surface area contributed by atoms with Crippen molar-refractivity contribution in [3.05, 3.63) is 23.8 Å². The Bertz CT molecular complexity index is 86.7. The van der Waals surface area contributed by atoms with Crippen LogP contribution in [0, 0.1) is 0 Å². The topological polar surface area (TPSA) is 20.2 Å². The number of aliphatic hydroxyl groups excluding tert-OH is 1. The van der Waals surface area contributed by atoms with Crippen molar-refractivity contribution in [2.75, 3.05) is 7.11 Å². The van der Waals surface area contributed by atoms with E-state index in [2.05, 4.69) is 19.9 Å². The lowest BCUT2D eigenvalue weighted by Gasteiger charge is -1.77. The minimum atomic E-state index is 1.00. The first kappa shape index (κ1) is 11.3. The van der Waals surface area contributed by atoms with Gasteiger partial charge in [-0.2, -0.15) is 0 Å². The number of allylic oxidation sites excluding steroid dienone is 4. The molecule has 0 saturated carbocycles. The summed E-state index contributed by atoms with van der Waals surface area (Å²) in [6.07, 6.45) is 6.14.